The molecule has 3 fully saturated rings. The molecule has 3 nitrogen and oxygen atoms in total. The van der Waals surface area contributed by atoms with E-state index in [1.54, 1.807) is 5.57 Å². The fraction of sp³-hybridized carbons (Fsp3) is 0.862. The third-order valence-electron chi connectivity index (χ3n) is 10.5. The van der Waals surface area contributed by atoms with Crippen LogP contribution in [0.25, 0.3) is 0 Å². The molecule has 0 spiro atoms. The summed E-state index contributed by atoms with van der Waals surface area (Å²) < 4.78 is 5.59. The maximum absolute atomic E-state index is 13.0. The first-order valence-corrected chi connectivity index (χ1v) is 13.5. The van der Waals surface area contributed by atoms with Gasteiger partial charge in [-0.25, -0.2) is 0 Å². The zero-order chi connectivity index (χ0) is 23.3. The van der Waals surface area contributed by atoms with Gasteiger partial charge in [0.15, 0.2) is 0 Å². The first-order chi connectivity index (χ1) is 15.1. The van der Waals surface area contributed by atoms with Crippen LogP contribution >= 0.6 is 0 Å². The van der Waals surface area contributed by atoms with Gasteiger partial charge in [-0.15, -0.1) is 0 Å². The number of ketones is 1. The molecule has 0 aromatic heterocycles. The van der Waals surface area contributed by atoms with E-state index in [0.717, 1.165) is 49.9 Å². The largest absolute Gasteiger partial charge is 0.462 e. The van der Waals surface area contributed by atoms with Crippen molar-refractivity contribution in [3.63, 3.8) is 0 Å². The van der Waals surface area contributed by atoms with Crippen molar-refractivity contribution in [1.29, 1.82) is 0 Å². The quantitative estimate of drug-likeness (QED) is 0.324. The Bertz CT molecular complexity index is 766. The number of esters is 1. The van der Waals surface area contributed by atoms with Gasteiger partial charge in [0.2, 0.25) is 0 Å². The SMILES string of the molecule is CC(=O)O[C@H]1CC[C@@]2(C)C(=CC[C@@H]3[C@H]4CC[C@@H]([C@H](C)C(=O)CCC(C)C)[C@]4(C)CC[C@H]32)C1. The molecule has 180 valence electrons. The maximum Gasteiger partial charge on any atom is 0.302 e. The van der Waals surface area contributed by atoms with Crippen LogP contribution in [-0.2, 0) is 14.3 Å². The zero-order valence-corrected chi connectivity index (χ0v) is 21.4. The van der Waals surface area contributed by atoms with E-state index < -0.39 is 0 Å². The van der Waals surface area contributed by atoms with Gasteiger partial charge in [0.25, 0.3) is 0 Å². The Kier molecular flexibility index (Phi) is 6.69. The van der Waals surface area contributed by atoms with Crippen LogP contribution in [0.1, 0.15) is 106 Å². The average Bonchev–Trinajstić information content (AvgIpc) is 3.08. The summed E-state index contributed by atoms with van der Waals surface area (Å²) in [5, 5.41) is 0. The molecule has 0 amide bonds. The first kappa shape index (κ1) is 24.0. The molecule has 0 N–H and O–H groups in total. The predicted molar refractivity (Wildman–Crippen MR) is 129 cm³/mol. The van der Waals surface area contributed by atoms with E-state index in [1.165, 1.54) is 39.0 Å². The third kappa shape index (κ3) is 4.11. The Morgan fingerprint density at radius 2 is 1.81 bits per heavy atom. The minimum atomic E-state index is -0.143. The average molecular weight is 443 g/mol. The Labute approximate surface area is 196 Å². The van der Waals surface area contributed by atoms with Gasteiger partial charge in [0, 0.05) is 25.7 Å². The van der Waals surface area contributed by atoms with Crippen LogP contribution in [0.2, 0.25) is 0 Å². The van der Waals surface area contributed by atoms with E-state index in [1.807, 2.05) is 0 Å². The number of allylic oxidation sites excluding steroid dienone is 1. The van der Waals surface area contributed by atoms with Crippen LogP contribution in [0.3, 0.4) is 0 Å². The number of ether oxygens (including phenoxy) is 1. The molecule has 0 bridgehead atoms. The standard InChI is InChI=1S/C29H46O3/c1-18(2)7-12-27(31)19(3)24-10-11-25-23-9-8-21-17-22(32-20(4)30)13-15-28(21,5)26(23)14-16-29(24,25)6/h8,18-19,22-26H,7,9-17H2,1-6H3/t19-,22-,23+,24-,25+,26+,28-,29-/m0/s1. The minimum Gasteiger partial charge on any atom is -0.462 e. The monoisotopic (exact) mass is 442 g/mol. The Hall–Kier alpha value is -1.12. The van der Waals surface area contributed by atoms with Crippen LogP contribution in [0.15, 0.2) is 11.6 Å². The van der Waals surface area contributed by atoms with Crippen molar-refractivity contribution >= 4 is 11.8 Å². The van der Waals surface area contributed by atoms with E-state index in [2.05, 4.69) is 40.7 Å². The highest BCUT2D eigenvalue weighted by Crippen LogP contribution is 2.67. The minimum absolute atomic E-state index is 0.0748. The molecule has 0 heterocycles. The molecule has 32 heavy (non-hydrogen) atoms. The normalized spacial score (nSPS) is 41.8. The molecule has 8 atom stereocenters. The molecule has 0 saturated heterocycles. The summed E-state index contributed by atoms with van der Waals surface area (Å²) in [5.74, 6) is 4.02. The van der Waals surface area contributed by atoms with Crippen molar-refractivity contribution in [3.8, 4) is 0 Å². The molecule has 3 saturated carbocycles. The van der Waals surface area contributed by atoms with Crippen LogP contribution < -0.4 is 0 Å². The summed E-state index contributed by atoms with van der Waals surface area (Å²) in [4.78, 5) is 24.5. The van der Waals surface area contributed by atoms with E-state index in [-0.39, 0.29) is 23.4 Å². The van der Waals surface area contributed by atoms with Crippen LogP contribution in [-0.4, -0.2) is 17.9 Å². The summed E-state index contributed by atoms with van der Waals surface area (Å²) in [5.41, 5.74) is 2.16. The lowest BCUT2D eigenvalue weighted by molar-refractivity contribution is -0.148. The second kappa shape index (κ2) is 8.91. The summed E-state index contributed by atoms with van der Waals surface area (Å²) in [6, 6.07) is 0. The van der Waals surface area contributed by atoms with Gasteiger partial charge in [-0.1, -0.05) is 46.3 Å². The molecular weight excluding hydrogens is 396 g/mol. The lowest BCUT2D eigenvalue weighted by Crippen LogP contribution is -2.51. The van der Waals surface area contributed by atoms with Gasteiger partial charge in [-0.2, -0.15) is 0 Å². The van der Waals surface area contributed by atoms with Crippen LogP contribution in [0, 0.1) is 46.3 Å². The van der Waals surface area contributed by atoms with Gasteiger partial charge in [0.1, 0.15) is 11.9 Å². The van der Waals surface area contributed by atoms with Crippen molar-refractivity contribution in [2.75, 3.05) is 0 Å². The van der Waals surface area contributed by atoms with E-state index in [4.69, 9.17) is 4.74 Å². The molecule has 3 heteroatoms. The second-order valence-corrected chi connectivity index (χ2v) is 12.6. The first-order valence-electron chi connectivity index (χ1n) is 13.5. The highest BCUT2D eigenvalue weighted by Gasteiger charge is 2.59. The molecule has 0 aliphatic heterocycles. The van der Waals surface area contributed by atoms with Crippen molar-refractivity contribution in [1.82, 2.24) is 0 Å². The number of fused-ring (bicyclic) bond motifs is 5. The van der Waals surface area contributed by atoms with E-state index in [9.17, 15) is 9.59 Å². The van der Waals surface area contributed by atoms with Crippen molar-refractivity contribution in [3.05, 3.63) is 11.6 Å². The Morgan fingerprint density at radius 1 is 1.06 bits per heavy atom. The molecule has 0 unspecified atom stereocenters. The van der Waals surface area contributed by atoms with Gasteiger partial charge in [-0.05, 0) is 91.8 Å². The number of carbonyl (C=O) groups excluding carboxylic acids is 2. The number of hydrogen-bond acceptors (Lipinski definition) is 3. The number of Topliss-reactive ketones (excluding diaryl/α,β-unsaturated/α-hetero) is 1. The summed E-state index contributed by atoms with van der Waals surface area (Å²) in [7, 11) is 0. The van der Waals surface area contributed by atoms with Gasteiger partial charge in [-0.3, -0.25) is 9.59 Å². The highest BCUT2D eigenvalue weighted by atomic mass is 16.5. The molecular formula is C29H46O3. The lowest BCUT2D eigenvalue weighted by Gasteiger charge is -2.58. The van der Waals surface area contributed by atoms with E-state index >= 15 is 0 Å². The van der Waals surface area contributed by atoms with Gasteiger partial charge in [0.05, 0.1) is 0 Å². The zero-order valence-electron chi connectivity index (χ0n) is 21.4. The van der Waals surface area contributed by atoms with Crippen molar-refractivity contribution in [2.45, 2.75) is 112 Å². The smallest absolute Gasteiger partial charge is 0.302 e. The van der Waals surface area contributed by atoms with Crippen molar-refractivity contribution < 1.29 is 14.3 Å². The summed E-state index contributed by atoms with van der Waals surface area (Å²) in [6.07, 6.45) is 13.8. The number of hydrogen-bond donors (Lipinski definition) is 0. The number of rotatable bonds is 6. The summed E-state index contributed by atoms with van der Waals surface area (Å²) >= 11 is 0. The molecule has 0 radical (unpaired) electrons. The fourth-order valence-corrected chi connectivity index (χ4v) is 8.71. The third-order valence-corrected chi connectivity index (χ3v) is 10.5. The molecule has 0 aromatic carbocycles. The van der Waals surface area contributed by atoms with Gasteiger partial charge < -0.3 is 4.74 Å². The van der Waals surface area contributed by atoms with Crippen LogP contribution in [0.5, 0.6) is 0 Å². The van der Waals surface area contributed by atoms with Crippen molar-refractivity contribution in [2.24, 2.45) is 46.3 Å². The number of carbonyl (C=O) groups is 2. The van der Waals surface area contributed by atoms with E-state index in [0.29, 0.717) is 23.0 Å². The molecule has 4 aliphatic carbocycles. The Morgan fingerprint density at radius 3 is 2.50 bits per heavy atom. The maximum atomic E-state index is 13.0. The molecule has 4 rings (SSSR count). The second-order valence-electron chi connectivity index (χ2n) is 12.6. The summed E-state index contributed by atoms with van der Waals surface area (Å²) in [6.45, 7) is 13.3. The fourth-order valence-electron chi connectivity index (χ4n) is 8.71. The molecule has 0 aromatic rings. The van der Waals surface area contributed by atoms with Crippen LogP contribution in [0.4, 0.5) is 0 Å². The topological polar surface area (TPSA) is 43.4 Å². The predicted octanol–water partition coefficient (Wildman–Crippen LogP) is 7.14. The lowest BCUT2D eigenvalue weighted by atomic mass is 9.47. The van der Waals surface area contributed by atoms with Gasteiger partial charge >= 0.3 is 5.97 Å². The molecule has 4 aliphatic rings. The Balaban J connectivity index is 1.49. The highest BCUT2D eigenvalue weighted by molar-refractivity contribution is 5.81.